The normalized spacial score (nSPS) is 23.7. The SMILES string of the molecule is C/C=C\C=C/C1=CCCc2cc(C(=O)NC)ccc2C1(C[C@@H](C)NCC(=O)N1C(C#N)CC2CC21)c1ncn[nH]1.C=C(CC)NC. The number of fused-ring (bicyclic) bond motifs is 2. The van der Waals surface area contributed by atoms with Gasteiger partial charge in [-0.05, 0) is 87.1 Å². The van der Waals surface area contributed by atoms with Crippen LogP contribution in [0.15, 0.2) is 72.8 Å². The van der Waals surface area contributed by atoms with Gasteiger partial charge in [-0.15, -0.1) is 0 Å². The molecule has 2 aromatic rings. The first-order valence-electron chi connectivity index (χ1n) is 16.2. The number of piperidine rings is 1. The van der Waals surface area contributed by atoms with E-state index in [9.17, 15) is 14.9 Å². The number of aromatic amines is 1. The number of nitrogens with zero attached hydrogens (tertiary/aromatic N) is 4. The highest BCUT2D eigenvalue weighted by Crippen LogP contribution is 2.48. The van der Waals surface area contributed by atoms with Gasteiger partial charge in [0.25, 0.3) is 5.91 Å². The Kier molecular flexibility index (Phi) is 11.7. The van der Waals surface area contributed by atoms with E-state index in [1.165, 1.54) is 6.33 Å². The Hall–Kier alpha value is -4.49. The van der Waals surface area contributed by atoms with Gasteiger partial charge in [-0.3, -0.25) is 14.7 Å². The lowest BCUT2D eigenvalue weighted by atomic mass is 9.68. The largest absolute Gasteiger partial charge is 0.392 e. The number of likely N-dealkylation sites (tertiary alicyclic amines) is 1. The summed E-state index contributed by atoms with van der Waals surface area (Å²) < 4.78 is 0. The van der Waals surface area contributed by atoms with Crippen molar-refractivity contribution in [3.63, 3.8) is 0 Å². The minimum Gasteiger partial charge on any atom is -0.392 e. The number of rotatable bonds is 11. The summed E-state index contributed by atoms with van der Waals surface area (Å²) in [4.78, 5) is 32.1. The lowest BCUT2D eigenvalue weighted by molar-refractivity contribution is -0.131. The number of aryl methyl sites for hydroxylation is 1. The fourth-order valence-corrected chi connectivity index (χ4v) is 6.69. The Morgan fingerprint density at radius 1 is 1.26 bits per heavy atom. The molecule has 0 bridgehead atoms. The van der Waals surface area contributed by atoms with E-state index in [4.69, 9.17) is 0 Å². The number of carbonyl (C=O) groups is 2. The first-order chi connectivity index (χ1) is 22.2. The van der Waals surface area contributed by atoms with Gasteiger partial charge in [0, 0.05) is 37.4 Å². The van der Waals surface area contributed by atoms with Gasteiger partial charge < -0.3 is 20.9 Å². The predicted molar refractivity (Wildman–Crippen MR) is 181 cm³/mol. The molecule has 2 aliphatic carbocycles. The van der Waals surface area contributed by atoms with Gasteiger partial charge in [0.15, 0.2) is 0 Å². The second kappa shape index (κ2) is 15.7. The molecule has 2 heterocycles. The first-order valence-corrected chi connectivity index (χ1v) is 16.2. The average Bonchev–Trinajstić information content (AvgIpc) is 3.46. The number of aromatic nitrogens is 3. The predicted octanol–water partition coefficient (Wildman–Crippen LogP) is 4.47. The van der Waals surface area contributed by atoms with Crippen LogP contribution >= 0.6 is 0 Å². The molecule has 5 rings (SSSR count). The highest BCUT2D eigenvalue weighted by atomic mass is 16.2. The van der Waals surface area contributed by atoms with Crippen LogP contribution in [0.25, 0.3) is 0 Å². The van der Waals surface area contributed by atoms with Gasteiger partial charge in [-0.1, -0.05) is 49.9 Å². The van der Waals surface area contributed by atoms with Crippen LogP contribution in [-0.4, -0.2) is 70.7 Å². The average molecular weight is 625 g/mol. The van der Waals surface area contributed by atoms with Crippen molar-refractivity contribution in [2.45, 2.75) is 82.8 Å². The topological polar surface area (TPSA) is 139 Å². The van der Waals surface area contributed by atoms with Gasteiger partial charge in [0.1, 0.15) is 18.2 Å². The maximum atomic E-state index is 13.2. The van der Waals surface area contributed by atoms with Crippen molar-refractivity contribution in [3.05, 3.63) is 95.3 Å². The second-order valence-electron chi connectivity index (χ2n) is 12.2. The molecule has 4 unspecified atom stereocenters. The van der Waals surface area contributed by atoms with Crippen molar-refractivity contribution in [1.82, 2.24) is 36.0 Å². The van der Waals surface area contributed by atoms with E-state index in [-0.39, 0.29) is 36.5 Å². The van der Waals surface area contributed by atoms with Crippen molar-refractivity contribution in [2.75, 3.05) is 20.6 Å². The lowest BCUT2D eigenvalue weighted by Crippen LogP contribution is -2.46. The number of benzene rings is 1. The fraction of sp³-hybridized carbons (Fsp3) is 0.472. The van der Waals surface area contributed by atoms with Gasteiger partial charge in [-0.2, -0.15) is 10.4 Å². The summed E-state index contributed by atoms with van der Waals surface area (Å²) in [7, 11) is 3.52. The summed E-state index contributed by atoms with van der Waals surface area (Å²) in [5.41, 5.74) is 4.25. The summed E-state index contributed by atoms with van der Waals surface area (Å²) in [6.45, 7) is 9.98. The molecule has 3 aliphatic rings. The minimum absolute atomic E-state index is 0.0163. The molecular weight excluding hydrogens is 576 g/mol. The molecule has 10 nitrogen and oxygen atoms in total. The third-order valence-corrected chi connectivity index (χ3v) is 9.26. The van der Waals surface area contributed by atoms with E-state index in [1.807, 2.05) is 50.4 Å². The number of H-pyrrole nitrogens is 1. The molecule has 244 valence electrons. The number of nitriles is 1. The number of hydrogen-bond acceptors (Lipinski definition) is 7. The molecule has 1 saturated heterocycles. The molecule has 4 N–H and O–H groups in total. The summed E-state index contributed by atoms with van der Waals surface area (Å²) in [6, 6.07) is 8.02. The Bertz CT molecular complexity index is 1510. The molecule has 0 radical (unpaired) electrons. The summed E-state index contributed by atoms with van der Waals surface area (Å²) >= 11 is 0. The number of carbonyl (C=O) groups excluding carboxylic acids is 2. The van der Waals surface area contributed by atoms with Crippen LogP contribution < -0.4 is 16.0 Å². The van der Waals surface area contributed by atoms with Crippen LogP contribution in [0.1, 0.15) is 80.2 Å². The molecule has 0 spiro atoms. The van der Waals surface area contributed by atoms with Crippen molar-refractivity contribution in [2.24, 2.45) is 5.92 Å². The molecule has 46 heavy (non-hydrogen) atoms. The highest BCUT2D eigenvalue weighted by molar-refractivity contribution is 5.94. The fourth-order valence-electron chi connectivity index (χ4n) is 6.69. The lowest BCUT2D eigenvalue weighted by Gasteiger charge is -2.37. The van der Waals surface area contributed by atoms with Crippen molar-refractivity contribution >= 4 is 11.8 Å². The molecule has 2 fully saturated rings. The zero-order valence-corrected chi connectivity index (χ0v) is 27.8. The zero-order valence-electron chi connectivity index (χ0n) is 27.8. The standard InChI is InChI=1S/C31H37N7O2.C5H11N/c1-4-5-6-9-24-10-7-8-21-13-22(29(40)33-3)11-12-26(21)31(24,30-35-19-36-37-30)16-20(2)34-18-28(39)38-25(17-32)14-23-15-27(23)38;1-4-5(2)6-3/h4-6,9-13,19-20,23,25,27,34H,7-8,14-16,18H2,1-3H3,(H,33,40)(H,35,36,37);6H,2,4H2,1,3H3/b5-4-,9-6-;/t20-,23?,25?,27?,31?;/m1./s1. The van der Waals surface area contributed by atoms with Gasteiger partial charge in [0.2, 0.25) is 5.91 Å². The zero-order chi connectivity index (χ0) is 33.3. The van der Waals surface area contributed by atoms with Crippen molar-refractivity contribution < 1.29 is 9.59 Å². The summed E-state index contributed by atoms with van der Waals surface area (Å²) in [5, 5.41) is 26.0. The monoisotopic (exact) mass is 624 g/mol. The molecule has 2 amide bonds. The van der Waals surface area contributed by atoms with E-state index in [0.29, 0.717) is 23.7 Å². The Morgan fingerprint density at radius 2 is 2.07 bits per heavy atom. The maximum Gasteiger partial charge on any atom is 0.251 e. The third-order valence-electron chi connectivity index (χ3n) is 9.26. The Balaban J connectivity index is 0.000000731. The Labute approximate surface area is 273 Å². The van der Waals surface area contributed by atoms with Crippen LogP contribution in [0.4, 0.5) is 0 Å². The van der Waals surface area contributed by atoms with Crippen molar-refractivity contribution in [1.29, 1.82) is 5.26 Å². The molecular formula is C36H48N8O2. The molecule has 1 aromatic carbocycles. The molecule has 1 aromatic heterocycles. The number of hydrogen-bond donors (Lipinski definition) is 4. The smallest absolute Gasteiger partial charge is 0.251 e. The van der Waals surface area contributed by atoms with Crippen LogP contribution in [-0.2, 0) is 16.6 Å². The van der Waals surface area contributed by atoms with Gasteiger partial charge in [0.05, 0.1) is 18.0 Å². The molecule has 1 aliphatic heterocycles. The number of nitrogens with one attached hydrogen (secondary N) is 4. The number of allylic oxidation sites excluding steroid dienone is 7. The van der Waals surface area contributed by atoms with Gasteiger partial charge >= 0.3 is 0 Å². The van der Waals surface area contributed by atoms with Crippen molar-refractivity contribution in [3.8, 4) is 6.07 Å². The van der Waals surface area contributed by atoms with E-state index >= 15 is 0 Å². The summed E-state index contributed by atoms with van der Waals surface area (Å²) in [5.74, 6) is 1.06. The van der Waals surface area contributed by atoms with E-state index in [2.05, 4.69) is 69.8 Å². The minimum atomic E-state index is -0.693. The van der Waals surface area contributed by atoms with E-state index in [0.717, 1.165) is 54.5 Å². The van der Waals surface area contributed by atoms with Gasteiger partial charge in [-0.25, -0.2) is 4.98 Å². The van der Waals surface area contributed by atoms with Crippen LogP contribution in [0.3, 0.4) is 0 Å². The second-order valence-corrected chi connectivity index (χ2v) is 12.2. The molecule has 1 saturated carbocycles. The molecule has 5 atom stereocenters. The summed E-state index contributed by atoms with van der Waals surface area (Å²) in [6.07, 6.45) is 16.9. The first kappa shape index (κ1) is 34.4. The molecule has 10 heteroatoms. The van der Waals surface area contributed by atoms with Crippen LogP contribution in [0.2, 0.25) is 0 Å². The van der Waals surface area contributed by atoms with Crippen LogP contribution in [0, 0.1) is 17.2 Å². The quantitative estimate of drug-likeness (QED) is 0.271. The van der Waals surface area contributed by atoms with E-state index < -0.39 is 5.41 Å². The number of amides is 2. The maximum absolute atomic E-state index is 13.2. The Morgan fingerprint density at radius 3 is 2.70 bits per heavy atom. The van der Waals surface area contributed by atoms with E-state index in [1.54, 1.807) is 11.9 Å². The third kappa shape index (κ3) is 7.48. The highest BCUT2D eigenvalue weighted by Gasteiger charge is 2.54. The van der Waals surface area contributed by atoms with Crippen LogP contribution in [0.5, 0.6) is 0 Å².